The van der Waals surface area contributed by atoms with Gasteiger partial charge >= 0.3 is 12.0 Å². The number of imide groups is 2. The first-order valence-corrected chi connectivity index (χ1v) is 11.1. The third-order valence-corrected chi connectivity index (χ3v) is 6.63. The molecule has 32 heavy (non-hydrogen) atoms. The van der Waals surface area contributed by atoms with E-state index in [4.69, 9.17) is 15.5 Å². The Morgan fingerprint density at radius 3 is 1.78 bits per heavy atom. The molecular weight excluding hydrogens is 448 g/mol. The minimum Gasteiger partial charge on any atom is -0.481 e. The van der Waals surface area contributed by atoms with E-state index in [0.29, 0.717) is 5.25 Å². The predicted octanol–water partition coefficient (Wildman–Crippen LogP) is -0.154. The molecule has 4 heterocycles. The lowest BCUT2D eigenvalue weighted by Crippen LogP contribution is -2.36. The number of fused-ring (bicyclic) bond motifs is 1. The van der Waals surface area contributed by atoms with E-state index in [1.165, 1.54) is 0 Å². The molecule has 0 saturated carbocycles. The van der Waals surface area contributed by atoms with Crippen LogP contribution in [0.1, 0.15) is 51.4 Å². The lowest BCUT2D eigenvalue weighted by atomic mass is 10.0. The zero-order valence-electron chi connectivity index (χ0n) is 17.2. The monoisotopic (exact) mass is 474 g/mol. The number of unbranched alkanes of at least 4 members (excludes halogenated alkanes) is 1. The number of hydrogen-bond acceptors (Lipinski definition) is 9. The summed E-state index contributed by atoms with van der Waals surface area (Å²) in [5.41, 5.74) is 0. The first-order chi connectivity index (χ1) is 15.1. The molecule has 5 N–H and O–H groups in total. The number of amides is 6. The summed E-state index contributed by atoms with van der Waals surface area (Å²) in [5, 5.41) is 31.9. The number of carboxylic acid groups (broad SMARTS) is 1. The summed E-state index contributed by atoms with van der Waals surface area (Å²) < 4.78 is 0. The van der Waals surface area contributed by atoms with Crippen LogP contribution in [0.5, 0.6) is 0 Å². The van der Waals surface area contributed by atoms with Crippen LogP contribution < -0.4 is 10.6 Å². The van der Waals surface area contributed by atoms with Crippen molar-refractivity contribution in [2.75, 3.05) is 5.75 Å². The number of nitrogens with one attached hydrogen (secondary N) is 2. The van der Waals surface area contributed by atoms with E-state index < -0.39 is 29.6 Å². The van der Waals surface area contributed by atoms with Crippen LogP contribution in [0.25, 0.3) is 0 Å². The molecule has 0 bridgehead atoms. The van der Waals surface area contributed by atoms with E-state index in [2.05, 4.69) is 10.6 Å². The SMILES string of the molecule is O=C(O)CCCC[C@@H]1SC[C@@H]2NC(=O)N[C@@H]21.O=C1CCC(=O)N1O.O=C1CCC(=O)N1O. The highest BCUT2D eigenvalue weighted by molar-refractivity contribution is 8.00. The Bertz CT molecular complexity index is 712. The molecule has 4 fully saturated rings. The molecule has 14 heteroatoms. The second-order valence-corrected chi connectivity index (χ2v) is 8.73. The van der Waals surface area contributed by atoms with Crippen molar-refractivity contribution in [1.82, 2.24) is 20.8 Å². The molecule has 0 aromatic carbocycles. The third-order valence-electron chi connectivity index (χ3n) is 5.12. The lowest BCUT2D eigenvalue weighted by Gasteiger charge is -2.16. The predicted molar refractivity (Wildman–Crippen MR) is 107 cm³/mol. The van der Waals surface area contributed by atoms with E-state index in [-0.39, 0.29) is 60.3 Å². The fourth-order valence-corrected chi connectivity index (χ4v) is 4.94. The Kier molecular flexibility index (Phi) is 9.41. The molecule has 3 atom stereocenters. The Balaban J connectivity index is 0.000000190. The number of thioether (sulfide) groups is 1. The highest BCUT2D eigenvalue weighted by Gasteiger charge is 2.42. The number of carboxylic acids is 1. The van der Waals surface area contributed by atoms with Crippen molar-refractivity contribution >= 4 is 47.4 Å². The van der Waals surface area contributed by atoms with Gasteiger partial charge in [0.2, 0.25) is 0 Å². The number of rotatable bonds is 5. The highest BCUT2D eigenvalue weighted by Crippen LogP contribution is 2.33. The summed E-state index contributed by atoms with van der Waals surface area (Å²) in [6.07, 6.45) is 3.47. The van der Waals surface area contributed by atoms with Gasteiger partial charge in [-0.15, -0.1) is 0 Å². The van der Waals surface area contributed by atoms with Gasteiger partial charge in [0.05, 0.1) is 12.1 Å². The Labute approximate surface area is 187 Å². The van der Waals surface area contributed by atoms with Gasteiger partial charge in [0.1, 0.15) is 0 Å². The van der Waals surface area contributed by atoms with Gasteiger partial charge in [0, 0.05) is 43.1 Å². The van der Waals surface area contributed by atoms with Crippen molar-refractivity contribution in [1.29, 1.82) is 0 Å². The fraction of sp³-hybridized carbons (Fsp3) is 0.667. The van der Waals surface area contributed by atoms with Gasteiger partial charge in [-0.25, -0.2) is 4.79 Å². The van der Waals surface area contributed by atoms with Gasteiger partial charge in [0.25, 0.3) is 23.6 Å². The molecule has 0 aliphatic carbocycles. The van der Waals surface area contributed by atoms with Crippen molar-refractivity contribution in [3.05, 3.63) is 0 Å². The average molecular weight is 474 g/mol. The van der Waals surface area contributed by atoms with Crippen LogP contribution in [0.4, 0.5) is 4.79 Å². The van der Waals surface area contributed by atoms with Crippen molar-refractivity contribution < 1.29 is 44.3 Å². The molecule has 4 aliphatic heterocycles. The smallest absolute Gasteiger partial charge is 0.315 e. The molecule has 6 amide bonds. The van der Waals surface area contributed by atoms with E-state index in [1.807, 2.05) is 11.8 Å². The van der Waals surface area contributed by atoms with Crippen LogP contribution in [0.15, 0.2) is 0 Å². The normalized spacial score (nSPS) is 26.2. The minimum absolute atomic E-state index is 0.0640. The second-order valence-electron chi connectivity index (χ2n) is 7.46. The Hall–Kier alpha value is -2.71. The first kappa shape index (κ1) is 25.5. The molecule has 0 spiro atoms. The minimum atomic E-state index is -0.729. The summed E-state index contributed by atoms with van der Waals surface area (Å²) >= 11 is 1.87. The molecule has 0 unspecified atom stereocenters. The summed E-state index contributed by atoms with van der Waals surface area (Å²) in [5.74, 6) is -1.78. The van der Waals surface area contributed by atoms with E-state index in [1.54, 1.807) is 0 Å². The van der Waals surface area contributed by atoms with Gasteiger partial charge in [-0.05, 0) is 12.8 Å². The maximum absolute atomic E-state index is 11.1. The molecule has 178 valence electrons. The fourth-order valence-electron chi connectivity index (χ4n) is 3.39. The van der Waals surface area contributed by atoms with E-state index >= 15 is 0 Å². The maximum Gasteiger partial charge on any atom is 0.315 e. The quantitative estimate of drug-likeness (QED) is 0.155. The standard InChI is InChI=1S/C10H16N2O3S.2C4H5NO3/c13-8(14)4-2-1-3-7-9-6(5-16-7)11-10(15)12-9;2*6-3-1-2-4(7)5(3)8/h6-7,9H,1-5H2,(H,13,14)(H2,11,12,15);2*8H,1-2H2/t6-,7-,9-;;/m0../s1. The largest absolute Gasteiger partial charge is 0.481 e. The van der Waals surface area contributed by atoms with E-state index in [0.717, 1.165) is 25.0 Å². The van der Waals surface area contributed by atoms with Crippen LogP contribution in [0, 0.1) is 0 Å². The van der Waals surface area contributed by atoms with E-state index in [9.17, 15) is 28.8 Å². The topological polar surface area (TPSA) is 194 Å². The molecule has 0 radical (unpaired) electrons. The van der Waals surface area contributed by atoms with Crippen LogP contribution in [-0.2, 0) is 24.0 Å². The number of carbonyl (C=O) groups excluding carboxylic acids is 5. The third kappa shape index (κ3) is 7.17. The van der Waals surface area contributed by atoms with Crippen molar-refractivity contribution in [3.8, 4) is 0 Å². The first-order valence-electron chi connectivity index (χ1n) is 10.1. The number of hydrogen-bond donors (Lipinski definition) is 5. The molecule has 0 aromatic heterocycles. The lowest BCUT2D eigenvalue weighted by molar-refractivity contribution is -0.172. The van der Waals surface area contributed by atoms with Crippen molar-refractivity contribution in [2.45, 2.75) is 68.7 Å². The van der Waals surface area contributed by atoms with Gasteiger partial charge in [-0.2, -0.15) is 21.9 Å². The molecule has 4 aliphatic rings. The number of nitrogens with zero attached hydrogens (tertiary/aromatic N) is 2. The van der Waals surface area contributed by atoms with Gasteiger partial charge in [-0.1, -0.05) is 6.42 Å². The second kappa shape index (κ2) is 11.8. The number of carbonyl (C=O) groups is 6. The molecular formula is C18H26N4O9S. The van der Waals surface area contributed by atoms with Crippen LogP contribution >= 0.6 is 11.8 Å². The molecule has 4 saturated heterocycles. The zero-order chi connectivity index (χ0) is 23.8. The van der Waals surface area contributed by atoms with Crippen LogP contribution in [0.3, 0.4) is 0 Å². The van der Waals surface area contributed by atoms with Crippen LogP contribution in [-0.4, -0.2) is 84.4 Å². The Morgan fingerprint density at radius 1 is 0.875 bits per heavy atom. The molecule has 4 rings (SSSR count). The molecule has 13 nitrogen and oxygen atoms in total. The van der Waals surface area contributed by atoms with Gasteiger partial charge < -0.3 is 15.7 Å². The summed E-state index contributed by atoms with van der Waals surface area (Å²) in [6, 6.07) is 0.440. The summed E-state index contributed by atoms with van der Waals surface area (Å²) in [7, 11) is 0. The zero-order valence-corrected chi connectivity index (χ0v) is 18.0. The Morgan fingerprint density at radius 2 is 1.38 bits per heavy atom. The average Bonchev–Trinajstić information content (AvgIpc) is 3.46. The van der Waals surface area contributed by atoms with Crippen molar-refractivity contribution in [3.63, 3.8) is 0 Å². The van der Waals surface area contributed by atoms with Gasteiger partial charge in [0.15, 0.2) is 0 Å². The summed E-state index contributed by atoms with van der Waals surface area (Å²) in [4.78, 5) is 62.4. The number of hydroxylamine groups is 4. The van der Waals surface area contributed by atoms with Crippen molar-refractivity contribution in [2.24, 2.45) is 0 Å². The van der Waals surface area contributed by atoms with Gasteiger partial charge in [-0.3, -0.25) is 34.4 Å². The summed E-state index contributed by atoms with van der Waals surface area (Å²) in [6.45, 7) is 0. The molecule has 0 aromatic rings. The number of urea groups is 1. The number of aliphatic carboxylic acids is 1. The highest BCUT2D eigenvalue weighted by atomic mass is 32.2. The maximum atomic E-state index is 11.1. The van der Waals surface area contributed by atoms with Crippen LogP contribution in [0.2, 0.25) is 0 Å².